The Morgan fingerprint density at radius 1 is 0.783 bits per heavy atom. The van der Waals surface area contributed by atoms with Crippen LogP contribution in [0.5, 0.6) is 0 Å². The molecule has 1 amide bonds. The van der Waals surface area contributed by atoms with Gasteiger partial charge < -0.3 is 25.0 Å². The van der Waals surface area contributed by atoms with Crippen molar-refractivity contribution in [3.8, 4) is 0 Å². The van der Waals surface area contributed by atoms with E-state index in [9.17, 15) is 41.8 Å². The van der Waals surface area contributed by atoms with Crippen LogP contribution in [0.2, 0.25) is 0 Å². The standard InChI is InChI=1S/C33H26F5NO6S/c1-16-23(15-46-22-12-8-19(9-13-22)32(42)43)44-33(45-30(16)18-4-2-17(14-40)3-5-18)20-6-10-21(11-7-20)39-31(41)24-25(34)27(36)29(38)28(37)26(24)35/h2-13,16,23,30,33,40H,14-15H2,1H3,(H,39,41)(H,42,43). The second-order valence-electron chi connectivity index (χ2n) is 10.5. The van der Waals surface area contributed by atoms with Crippen molar-refractivity contribution in [1.82, 2.24) is 0 Å². The summed E-state index contributed by atoms with van der Waals surface area (Å²) in [5.41, 5.74) is 0.639. The Kier molecular flexibility index (Phi) is 10.1. The minimum atomic E-state index is -2.37. The van der Waals surface area contributed by atoms with Crippen molar-refractivity contribution < 1.29 is 51.2 Å². The smallest absolute Gasteiger partial charge is 0.335 e. The van der Waals surface area contributed by atoms with Crippen LogP contribution < -0.4 is 5.32 Å². The quantitative estimate of drug-likeness (QED) is 0.0744. The zero-order valence-corrected chi connectivity index (χ0v) is 24.8. The van der Waals surface area contributed by atoms with E-state index in [4.69, 9.17) is 9.47 Å². The molecule has 0 saturated carbocycles. The summed E-state index contributed by atoms with van der Waals surface area (Å²) in [5.74, 6) is -13.5. The average molecular weight is 660 g/mol. The van der Waals surface area contributed by atoms with Crippen LogP contribution in [-0.4, -0.2) is 33.9 Å². The number of hydrogen-bond donors (Lipinski definition) is 3. The highest BCUT2D eigenvalue weighted by molar-refractivity contribution is 7.99. The number of aliphatic hydroxyl groups excluding tert-OH is 1. The molecular formula is C33H26F5NO6S. The van der Waals surface area contributed by atoms with E-state index in [1.54, 1.807) is 24.3 Å². The van der Waals surface area contributed by atoms with Gasteiger partial charge in [-0.3, -0.25) is 4.79 Å². The maximum Gasteiger partial charge on any atom is 0.335 e. The van der Waals surface area contributed by atoms with Crippen molar-refractivity contribution in [3.63, 3.8) is 0 Å². The topological polar surface area (TPSA) is 105 Å². The lowest BCUT2D eigenvalue weighted by Gasteiger charge is -2.41. The minimum absolute atomic E-state index is 0.00919. The fraction of sp³-hybridized carbons (Fsp3) is 0.212. The molecular weight excluding hydrogens is 633 g/mol. The monoisotopic (exact) mass is 659 g/mol. The van der Waals surface area contributed by atoms with Gasteiger partial charge in [0, 0.05) is 27.8 Å². The molecule has 1 heterocycles. The number of anilines is 1. The Bertz CT molecular complexity index is 1710. The summed E-state index contributed by atoms with van der Waals surface area (Å²) in [6.45, 7) is 1.85. The lowest BCUT2D eigenvalue weighted by molar-refractivity contribution is -0.268. The Labute approximate surface area is 264 Å². The van der Waals surface area contributed by atoms with Crippen LogP contribution in [0.1, 0.15) is 56.7 Å². The van der Waals surface area contributed by atoms with Gasteiger partial charge in [-0.05, 0) is 47.5 Å². The highest BCUT2D eigenvalue weighted by Crippen LogP contribution is 2.43. The number of hydrogen-bond acceptors (Lipinski definition) is 6. The van der Waals surface area contributed by atoms with Gasteiger partial charge in [0.25, 0.3) is 5.91 Å². The summed E-state index contributed by atoms with van der Waals surface area (Å²) in [6, 6.07) is 19.5. The third kappa shape index (κ3) is 6.92. The van der Waals surface area contributed by atoms with E-state index in [2.05, 4.69) is 5.32 Å². The van der Waals surface area contributed by atoms with E-state index in [1.165, 1.54) is 48.2 Å². The molecule has 0 spiro atoms. The summed E-state index contributed by atoms with van der Waals surface area (Å²) in [5, 5.41) is 20.8. The molecule has 0 aliphatic carbocycles. The molecule has 1 fully saturated rings. The molecule has 4 atom stereocenters. The van der Waals surface area contributed by atoms with Crippen molar-refractivity contribution in [2.75, 3.05) is 11.1 Å². The van der Waals surface area contributed by atoms with Gasteiger partial charge in [0.05, 0.1) is 24.4 Å². The number of ether oxygens (including phenoxy) is 2. The first-order chi connectivity index (χ1) is 22.0. The Morgan fingerprint density at radius 3 is 1.91 bits per heavy atom. The maximum absolute atomic E-state index is 14.1. The first-order valence-electron chi connectivity index (χ1n) is 13.9. The highest BCUT2D eigenvalue weighted by Gasteiger charge is 2.38. The molecule has 0 bridgehead atoms. The normalized spacial score (nSPS) is 19.5. The van der Waals surface area contributed by atoms with Crippen LogP contribution in [0.15, 0.2) is 77.7 Å². The minimum Gasteiger partial charge on any atom is -0.478 e. The number of halogens is 5. The molecule has 0 aromatic heterocycles. The average Bonchev–Trinajstić information content (AvgIpc) is 3.06. The Hall–Kier alpha value is -4.30. The number of benzene rings is 4. The van der Waals surface area contributed by atoms with Crippen LogP contribution >= 0.6 is 11.8 Å². The van der Waals surface area contributed by atoms with E-state index in [0.29, 0.717) is 11.3 Å². The molecule has 240 valence electrons. The van der Waals surface area contributed by atoms with Crippen molar-refractivity contribution in [1.29, 1.82) is 0 Å². The molecule has 7 nitrogen and oxygen atoms in total. The zero-order chi connectivity index (χ0) is 33.1. The maximum atomic E-state index is 14.1. The van der Waals surface area contributed by atoms with Crippen LogP contribution in [0.25, 0.3) is 0 Å². The second kappa shape index (κ2) is 14.0. The van der Waals surface area contributed by atoms with E-state index in [0.717, 1.165) is 16.0 Å². The number of carbonyl (C=O) groups is 2. The molecule has 4 aromatic rings. The van der Waals surface area contributed by atoms with Crippen molar-refractivity contribution in [3.05, 3.63) is 130 Å². The Balaban J connectivity index is 1.36. The summed E-state index contributed by atoms with van der Waals surface area (Å²) in [4.78, 5) is 24.5. The molecule has 46 heavy (non-hydrogen) atoms. The predicted molar refractivity (Wildman–Crippen MR) is 158 cm³/mol. The number of thioether (sulfide) groups is 1. The van der Waals surface area contributed by atoms with E-state index in [-0.39, 0.29) is 29.9 Å². The molecule has 13 heteroatoms. The number of amides is 1. The van der Waals surface area contributed by atoms with Crippen LogP contribution in [0.3, 0.4) is 0 Å². The van der Waals surface area contributed by atoms with Gasteiger partial charge in [0.2, 0.25) is 5.82 Å². The van der Waals surface area contributed by atoms with Crippen LogP contribution in [0.4, 0.5) is 27.6 Å². The number of aromatic carboxylic acids is 1. The molecule has 3 N–H and O–H groups in total. The van der Waals surface area contributed by atoms with Crippen molar-refractivity contribution in [2.45, 2.75) is 36.9 Å². The van der Waals surface area contributed by atoms with E-state index in [1.807, 2.05) is 19.1 Å². The molecule has 1 aliphatic rings. The number of carbonyl (C=O) groups excluding carboxylic acids is 1. The lowest BCUT2D eigenvalue weighted by atomic mass is 9.91. The number of rotatable bonds is 9. The second-order valence-corrected chi connectivity index (χ2v) is 11.6. The molecule has 5 rings (SSSR count). The summed E-state index contributed by atoms with van der Waals surface area (Å²) >= 11 is 1.47. The fourth-order valence-corrected chi connectivity index (χ4v) is 5.97. The third-order valence-electron chi connectivity index (χ3n) is 7.52. The van der Waals surface area contributed by atoms with Crippen LogP contribution in [-0.2, 0) is 16.1 Å². The summed E-state index contributed by atoms with van der Waals surface area (Å²) < 4.78 is 81.5. The third-order valence-corrected chi connectivity index (χ3v) is 8.62. The van der Waals surface area contributed by atoms with E-state index < -0.39 is 58.9 Å². The number of carboxylic acid groups (broad SMARTS) is 1. The molecule has 4 unspecified atom stereocenters. The largest absolute Gasteiger partial charge is 0.478 e. The predicted octanol–water partition coefficient (Wildman–Crippen LogP) is 7.41. The number of aliphatic hydroxyl groups is 1. The SMILES string of the molecule is CC1C(CSc2ccc(C(=O)O)cc2)OC(c2ccc(NC(=O)c3c(F)c(F)c(F)c(F)c3F)cc2)OC1c1ccc(CO)cc1. The van der Waals surface area contributed by atoms with Gasteiger partial charge in [-0.2, -0.15) is 0 Å². The Morgan fingerprint density at radius 2 is 1.35 bits per heavy atom. The number of carboxylic acids is 1. The van der Waals surface area contributed by atoms with Gasteiger partial charge in [-0.15, -0.1) is 11.8 Å². The zero-order valence-electron chi connectivity index (χ0n) is 24.0. The first kappa shape index (κ1) is 33.1. The fourth-order valence-electron chi connectivity index (χ4n) is 4.90. The molecule has 0 radical (unpaired) electrons. The van der Waals surface area contributed by atoms with Gasteiger partial charge in [0.15, 0.2) is 29.6 Å². The molecule has 1 saturated heterocycles. The van der Waals surface area contributed by atoms with E-state index >= 15 is 0 Å². The first-order valence-corrected chi connectivity index (χ1v) is 14.9. The molecule has 4 aromatic carbocycles. The van der Waals surface area contributed by atoms with Gasteiger partial charge in [0.1, 0.15) is 5.56 Å². The summed E-state index contributed by atoms with van der Waals surface area (Å²) in [7, 11) is 0. The van der Waals surface area contributed by atoms with Gasteiger partial charge in [-0.1, -0.05) is 43.3 Å². The van der Waals surface area contributed by atoms with Gasteiger partial charge in [-0.25, -0.2) is 26.7 Å². The van der Waals surface area contributed by atoms with Crippen LogP contribution in [0, 0.1) is 35.0 Å². The molecule has 1 aliphatic heterocycles. The van der Waals surface area contributed by atoms with Crippen molar-refractivity contribution >= 4 is 29.3 Å². The number of nitrogens with one attached hydrogen (secondary N) is 1. The summed E-state index contributed by atoms with van der Waals surface area (Å²) in [6.07, 6.45) is -1.71. The van der Waals surface area contributed by atoms with Gasteiger partial charge >= 0.3 is 5.97 Å². The van der Waals surface area contributed by atoms with Crippen molar-refractivity contribution in [2.24, 2.45) is 5.92 Å². The highest BCUT2D eigenvalue weighted by atomic mass is 32.2. The lowest BCUT2D eigenvalue weighted by Crippen LogP contribution is -2.38.